The van der Waals surface area contributed by atoms with Gasteiger partial charge in [-0.2, -0.15) is 0 Å². The van der Waals surface area contributed by atoms with E-state index in [-0.39, 0.29) is 10.8 Å². The standard InChI is InChI=1S/C12H12ClN3O3S2/c1-8(13)11(17)15-9-2-4-10(5-3-9)21(18,19)16-12-14-6-7-20-12/h2-8H,1H3,(H,14,16)(H,15,17)/t8-/m0/s1. The van der Waals surface area contributed by atoms with Crippen LogP contribution in [0, 0.1) is 0 Å². The largest absolute Gasteiger partial charge is 0.325 e. The average molecular weight is 346 g/mol. The van der Waals surface area contributed by atoms with Gasteiger partial charge in [0.15, 0.2) is 5.13 Å². The number of rotatable bonds is 5. The molecular weight excluding hydrogens is 334 g/mol. The van der Waals surface area contributed by atoms with Crippen molar-refractivity contribution in [1.29, 1.82) is 0 Å². The van der Waals surface area contributed by atoms with Crippen molar-refractivity contribution in [2.24, 2.45) is 0 Å². The second kappa shape index (κ2) is 6.42. The third-order valence-electron chi connectivity index (χ3n) is 2.45. The molecule has 1 atom stereocenters. The number of alkyl halides is 1. The molecule has 0 aliphatic carbocycles. The zero-order valence-electron chi connectivity index (χ0n) is 10.9. The Morgan fingerprint density at radius 1 is 1.33 bits per heavy atom. The summed E-state index contributed by atoms with van der Waals surface area (Å²) < 4.78 is 26.5. The number of benzene rings is 1. The number of hydrogen-bond donors (Lipinski definition) is 2. The number of carbonyl (C=O) groups is 1. The highest BCUT2D eigenvalue weighted by molar-refractivity contribution is 7.93. The molecule has 2 N–H and O–H groups in total. The molecule has 0 unspecified atom stereocenters. The van der Waals surface area contributed by atoms with Crippen molar-refractivity contribution in [3.05, 3.63) is 35.8 Å². The van der Waals surface area contributed by atoms with Crippen molar-refractivity contribution in [2.75, 3.05) is 10.0 Å². The summed E-state index contributed by atoms with van der Waals surface area (Å²) in [5.74, 6) is -0.354. The van der Waals surface area contributed by atoms with Gasteiger partial charge in [0, 0.05) is 17.3 Å². The number of hydrogen-bond acceptors (Lipinski definition) is 5. The summed E-state index contributed by atoms with van der Waals surface area (Å²) in [6, 6.07) is 5.77. The Hall–Kier alpha value is -1.64. The quantitative estimate of drug-likeness (QED) is 0.815. The molecule has 0 bridgehead atoms. The van der Waals surface area contributed by atoms with Crippen LogP contribution in [-0.2, 0) is 14.8 Å². The lowest BCUT2D eigenvalue weighted by Crippen LogP contribution is -2.20. The molecule has 112 valence electrons. The van der Waals surface area contributed by atoms with Crippen LogP contribution in [0.4, 0.5) is 10.8 Å². The molecule has 0 spiro atoms. The highest BCUT2D eigenvalue weighted by atomic mass is 35.5. The van der Waals surface area contributed by atoms with Gasteiger partial charge in [-0.1, -0.05) is 0 Å². The van der Waals surface area contributed by atoms with Crippen molar-refractivity contribution in [3.8, 4) is 0 Å². The maximum absolute atomic E-state index is 12.1. The third-order valence-corrected chi connectivity index (χ3v) is 4.82. The first-order chi connectivity index (χ1) is 9.88. The van der Waals surface area contributed by atoms with Crippen LogP contribution in [0.1, 0.15) is 6.92 Å². The summed E-state index contributed by atoms with van der Waals surface area (Å²) in [5, 5.41) is 3.87. The summed E-state index contributed by atoms with van der Waals surface area (Å²) in [6.07, 6.45) is 1.51. The fourth-order valence-corrected chi connectivity index (χ4v) is 3.25. The van der Waals surface area contributed by atoms with Gasteiger partial charge in [-0.05, 0) is 31.2 Å². The van der Waals surface area contributed by atoms with Crippen LogP contribution in [-0.4, -0.2) is 24.7 Å². The Labute approximate surface area is 131 Å². The summed E-state index contributed by atoms with van der Waals surface area (Å²) in [4.78, 5) is 15.4. The van der Waals surface area contributed by atoms with Gasteiger partial charge in [0.25, 0.3) is 10.0 Å². The Morgan fingerprint density at radius 2 is 2.00 bits per heavy atom. The molecule has 1 aromatic heterocycles. The highest BCUT2D eigenvalue weighted by Crippen LogP contribution is 2.19. The van der Waals surface area contributed by atoms with Crippen LogP contribution < -0.4 is 10.0 Å². The SMILES string of the molecule is C[C@H](Cl)C(=O)Nc1ccc(S(=O)(=O)Nc2nccs2)cc1. The van der Waals surface area contributed by atoms with Crippen LogP contribution in [0.15, 0.2) is 40.7 Å². The number of nitrogens with one attached hydrogen (secondary N) is 2. The van der Waals surface area contributed by atoms with E-state index >= 15 is 0 Å². The number of nitrogens with zero attached hydrogens (tertiary/aromatic N) is 1. The van der Waals surface area contributed by atoms with Crippen molar-refractivity contribution >= 4 is 49.7 Å². The van der Waals surface area contributed by atoms with Gasteiger partial charge in [-0.25, -0.2) is 13.4 Å². The Balaban J connectivity index is 2.13. The van der Waals surface area contributed by atoms with Crippen LogP contribution >= 0.6 is 22.9 Å². The molecule has 0 aliphatic heterocycles. The number of sulfonamides is 1. The second-order valence-corrected chi connectivity index (χ2v) is 7.30. The zero-order chi connectivity index (χ0) is 15.5. The Morgan fingerprint density at radius 3 is 2.52 bits per heavy atom. The third kappa shape index (κ3) is 4.16. The summed E-state index contributed by atoms with van der Waals surface area (Å²) >= 11 is 6.82. The van der Waals surface area contributed by atoms with Crippen LogP contribution in [0.2, 0.25) is 0 Å². The van der Waals surface area contributed by atoms with Crippen LogP contribution in [0.25, 0.3) is 0 Å². The number of amides is 1. The number of thiazole rings is 1. The molecule has 0 saturated heterocycles. The van der Waals surface area contributed by atoms with E-state index in [0.717, 1.165) is 0 Å². The second-order valence-electron chi connectivity index (χ2n) is 4.07. The minimum atomic E-state index is -3.69. The van der Waals surface area contributed by atoms with E-state index in [0.29, 0.717) is 10.8 Å². The van der Waals surface area contributed by atoms with E-state index < -0.39 is 15.4 Å². The molecule has 2 rings (SSSR count). The van der Waals surface area contributed by atoms with Gasteiger partial charge < -0.3 is 5.32 Å². The van der Waals surface area contributed by atoms with Crippen molar-refractivity contribution in [1.82, 2.24) is 4.98 Å². The van der Waals surface area contributed by atoms with Crippen LogP contribution in [0.5, 0.6) is 0 Å². The van der Waals surface area contributed by atoms with Gasteiger partial charge in [-0.15, -0.1) is 22.9 Å². The normalized spacial score (nSPS) is 12.7. The molecule has 1 aromatic carbocycles. The smallest absolute Gasteiger partial charge is 0.263 e. The van der Waals surface area contributed by atoms with Gasteiger partial charge in [0.05, 0.1) is 4.90 Å². The minimum absolute atomic E-state index is 0.0784. The van der Waals surface area contributed by atoms with Gasteiger partial charge in [-0.3, -0.25) is 9.52 Å². The number of carbonyl (C=O) groups excluding carboxylic acids is 1. The molecule has 9 heteroatoms. The van der Waals surface area contributed by atoms with E-state index in [1.54, 1.807) is 12.3 Å². The molecule has 1 heterocycles. The fraction of sp³-hybridized carbons (Fsp3) is 0.167. The van der Waals surface area contributed by atoms with E-state index in [9.17, 15) is 13.2 Å². The van der Waals surface area contributed by atoms with E-state index in [4.69, 9.17) is 11.6 Å². The highest BCUT2D eigenvalue weighted by Gasteiger charge is 2.16. The van der Waals surface area contributed by atoms with Gasteiger partial charge >= 0.3 is 0 Å². The summed E-state index contributed by atoms with van der Waals surface area (Å²) in [7, 11) is -3.69. The predicted molar refractivity (Wildman–Crippen MR) is 83.3 cm³/mol. The lowest BCUT2D eigenvalue weighted by Gasteiger charge is -2.08. The first-order valence-corrected chi connectivity index (χ1v) is 8.66. The minimum Gasteiger partial charge on any atom is -0.325 e. The monoisotopic (exact) mass is 345 g/mol. The topological polar surface area (TPSA) is 88.2 Å². The van der Waals surface area contributed by atoms with Crippen molar-refractivity contribution in [2.45, 2.75) is 17.2 Å². The predicted octanol–water partition coefficient (Wildman–Crippen LogP) is 2.51. The van der Waals surface area contributed by atoms with E-state index in [2.05, 4.69) is 15.0 Å². The van der Waals surface area contributed by atoms with Crippen molar-refractivity contribution < 1.29 is 13.2 Å². The molecule has 1 amide bonds. The zero-order valence-corrected chi connectivity index (χ0v) is 13.3. The number of anilines is 2. The molecule has 0 fully saturated rings. The number of aromatic nitrogens is 1. The Kier molecular flexibility index (Phi) is 4.81. The van der Waals surface area contributed by atoms with E-state index in [1.807, 2.05) is 0 Å². The first kappa shape index (κ1) is 15.7. The van der Waals surface area contributed by atoms with Crippen molar-refractivity contribution in [3.63, 3.8) is 0 Å². The molecule has 21 heavy (non-hydrogen) atoms. The molecule has 6 nitrogen and oxygen atoms in total. The molecule has 0 saturated carbocycles. The molecular formula is C12H12ClN3O3S2. The molecule has 0 aliphatic rings. The summed E-state index contributed by atoms with van der Waals surface area (Å²) in [5.41, 5.74) is 0.473. The Bertz CT molecular complexity index is 713. The first-order valence-electron chi connectivity index (χ1n) is 5.86. The maximum Gasteiger partial charge on any atom is 0.263 e. The molecule has 2 aromatic rings. The maximum atomic E-state index is 12.1. The van der Waals surface area contributed by atoms with Crippen LogP contribution in [0.3, 0.4) is 0 Å². The lowest BCUT2D eigenvalue weighted by molar-refractivity contribution is -0.115. The lowest BCUT2D eigenvalue weighted by atomic mass is 10.3. The number of halogens is 1. The summed E-state index contributed by atoms with van der Waals surface area (Å²) in [6.45, 7) is 1.55. The van der Waals surface area contributed by atoms with Gasteiger partial charge in [0.2, 0.25) is 5.91 Å². The average Bonchev–Trinajstić information content (AvgIpc) is 2.91. The molecule has 0 radical (unpaired) electrons. The van der Waals surface area contributed by atoms with Gasteiger partial charge in [0.1, 0.15) is 5.38 Å². The van der Waals surface area contributed by atoms with E-state index in [1.165, 1.54) is 41.8 Å². The fourth-order valence-electron chi connectivity index (χ4n) is 1.41.